The van der Waals surface area contributed by atoms with E-state index in [1.165, 1.54) is 11.3 Å². The van der Waals surface area contributed by atoms with Crippen LogP contribution in [0.2, 0.25) is 5.02 Å². The molecule has 16 heavy (non-hydrogen) atoms. The lowest BCUT2D eigenvalue weighted by Gasteiger charge is -1.98. The van der Waals surface area contributed by atoms with E-state index >= 15 is 0 Å². The van der Waals surface area contributed by atoms with E-state index < -0.39 is 0 Å². The monoisotopic (exact) mass is 314 g/mol. The van der Waals surface area contributed by atoms with E-state index in [1.54, 1.807) is 6.07 Å². The average molecular weight is 316 g/mol. The van der Waals surface area contributed by atoms with E-state index in [9.17, 15) is 4.79 Å². The van der Waals surface area contributed by atoms with Crippen LogP contribution in [0.3, 0.4) is 0 Å². The number of benzene rings is 1. The highest BCUT2D eigenvalue weighted by molar-refractivity contribution is 9.11. The lowest BCUT2D eigenvalue weighted by molar-refractivity contribution is 0.104. The lowest BCUT2D eigenvalue weighted by atomic mass is 10.1. The number of carbonyl (C=O) groups excluding carboxylic acids is 1. The first-order valence-electron chi connectivity index (χ1n) is 4.64. The second-order valence-electron chi connectivity index (χ2n) is 3.43. The van der Waals surface area contributed by atoms with Crippen molar-refractivity contribution in [2.75, 3.05) is 0 Å². The van der Waals surface area contributed by atoms with Gasteiger partial charge in [0.1, 0.15) is 0 Å². The first-order valence-corrected chi connectivity index (χ1v) is 6.63. The van der Waals surface area contributed by atoms with Gasteiger partial charge in [-0.05, 0) is 28.9 Å². The van der Waals surface area contributed by atoms with Crippen molar-refractivity contribution in [3.05, 3.63) is 55.1 Å². The van der Waals surface area contributed by atoms with Gasteiger partial charge in [0.25, 0.3) is 0 Å². The maximum atomic E-state index is 12.1. The zero-order chi connectivity index (χ0) is 11.7. The third-order valence-corrected chi connectivity index (χ3v) is 4.66. The molecule has 2 rings (SSSR count). The molecule has 0 radical (unpaired) electrons. The molecule has 0 aliphatic carbocycles. The van der Waals surface area contributed by atoms with Crippen LogP contribution in [0.1, 0.15) is 20.8 Å². The summed E-state index contributed by atoms with van der Waals surface area (Å²) >= 11 is 10.6. The Labute approximate surface area is 111 Å². The van der Waals surface area contributed by atoms with Crippen molar-refractivity contribution < 1.29 is 4.79 Å². The molecular weight excluding hydrogens is 308 g/mol. The molecule has 0 bridgehead atoms. The quantitative estimate of drug-likeness (QED) is 0.734. The average Bonchev–Trinajstić information content (AvgIpc) is 2.59. The van der Waals surface area contributed by atoms with Crippen molar-refractivity contribution in [3.8, 4) is 0 Å². The summed E-state index contributed by atoms with van der Waals surface area (Å²) < 4.78 is 0.796. The molecule has 0 saturated heterocycles. The van der Waals surface area contributed by atoms with Gasteiger partial charge >= 0.3 is 0 Å². The van der Waals surface area contributed by atoms with E-state index in [4.69, 9.17) is 11.6 Å². The van der Waals surface area contributed by atoms with Crippen molar-refractivity contribution in [1.82, 2.24) is 0 Å². The summed E-state index contributed by atoms with van der Waals surface area (Å²) in [4.78, 5) is 12.7. The van der Waals surface area contributed by atoms with Crippen LogP contribution in [0.5, 0.6) is 0 Å². The molecule has 1 heterocycles. The van der Waals surface area contributed by atoms with Crippen LogP contribution < -0.4 is 0 Å². The summed E-state index contributed by atoms with van der Waals surface area (Å²) in [6, 6.07) is 9.21. The highest BCUT2D eigenvalue weighted by Crippen LogP contribution is 2.33. The number of ketones is 1. The van der Waals surface area contributed by atoms with Crippen molar-refractivity contribution in [3.63, 3.8) is 0 Å². The molecule has 1 aromatic carbocycles. The molecule has 1 aromatic heterocycles. The Morgan fingerprint density at radius 3 is 2.44 bits per heavy atom. The van der Waals surface area contributed by atoms with Gasteiger partial charge in [-0.2, -0.15) is 0 Å². The van der Waals surface area contributed by atoms with Crippen LogP contribution in [-0.2, 0) is 0 Å². The number of thiophene rings is 1. The van der Waals surface area contributed by atoms with Gasteiger partial charge in [-0.3, -0.25) is 4.79 Å². The molecule has 0 N–H and O–H groups in total. The highest BCUT2D eigenvalue weighted by Gasteiger charge is 2.13. The summed E-state index contributed by atoms with van der Waals surface area (Å²) in [5, 5.41) is 0.584. The van der Waals surface area contributed by atoms with Crippen LogP contribution in [0.25, 0.3) is 0 Å². The number of rotatable bonds is 2. The maximum absolute atomic E-state index is 12.1. The fourth-order valence-electron chi connectivity index (χ4n) is 1.31. The molecule has 2 aromatic rings. The SMILES string of the molecule is Cc1ccc(C(=O)c2cc(Cl)c(Br)s2)cc1. The first kappa shape index (κ1) is 11.8. The first-order chi connectivity index (χ1) is 7.58. The summed E-state index contributed by atoms with van der Waals surface area (Å²) in [6.45, 7) is 1.99. The summed E-state index contributed by atoms with van der Waals surface area (Å²) in [5.41, 5.74) is 1.83. The highest BCUT2D eigenvalue weighted by atomic mass is 79.9. The van der Waals surface area contributed by atoms with Gasteiger partial charge in [-0.1, -0.05) is 41.4 Å². The van der Waals surface area contributed by atoms with Gasteiger partial charge in [-0.25, -0.2) is 0 Å². The Hall–Kier alpha value is -0.640. The summed E-state index contributed by atoms with van der Waals surface area (Å²) in [6.07, 6.45) is 0. The Morgan fingerprint density at radius 2 is 1.94 bits per heavy atom. The van der Waals surface area contributed by atoms with Crippen LogP contribution in [0, 0.1) is 6.92 Å². The van der Waals surface area contributed by atoms with E-state index in [-0.39, 0.29) is 5.78 Å². The molecule has 0 saturated carbocycles. The Bertz CT molecular complexity index is 511. The van der Waals surface area contributed by atoms with Crippen LogP contribution in [-0.4, -0.2) is 5.78 Å². The molecule has 0 aliphatic heterocycles. The summed E-state index contributed by atoms with van der Waals surface area (Å²) in [7, 11) is 0. The molecule has 1 nitrogen and oxygen atoms in total. The standard InChI is InChI=1S/C12H8BrClOS/c1-7-2-4-8(5-3-7)11(15)10-6-9(14)12(13)16-10/h2-6H,1H3. The Balaban J connectivity index is 2.35. The van der Waals surface area contributed by atoms with Crippen LogP contribution in [0.4, 0.5) is 0 Å². The second kappa shape index (κ2) is 4.70. The van der Waals surface area contributed by atoms with Gasteiger partial charge < -0.3 is 0 Å². The number of hydrogen-bond acceptors (Lipinski definition) is 2. The molecule has 0 unspecified atom stereocenters. The molecule has 0 atom stereocenters. The number of halogens is 2. The molecule has 4 heteroatoms. The minimum absolute atomic E-state index is 0.0117. The predicted molar refractivity (Wildman–Crippen MR) is 71.6 cm³/mol. The zero-order valence-electron chi connectivity index (χ0n) is 8.46. The third kappa shape index (κ3) is 2.37. The fraction of sp³-hybridized carbons (Fsp3) is 0.0833. The second-order valence-corrected chi connectivity index (χ2v) is 6.20. The van der Waals surface area contributed by atoms with E-state index in [1.807, 2.05) is 31.2 Å². The predicted octanol–water partition coefficient (Wildman–Crippen LogP) is 4.70. The molecule has 0 aliphatic rings. The van der Waals surface area contributed by atoms with Gasteiger partial charge in [0.15, 0.2) is 0 Å². The van der Waals surface area contributed by atoms with Gasteiger partial charge in [0.05, 0.1) is 13.7 Å². The molecule has 0 amide bonds. The number of hydrogen-bond donors (Lipinski definition) is 0. The zero-order valence-corrected chi connectivity index (χ0v) is 11.6. The van der Waals surface area contributed by atoms with Gasteiger partial charge in [-0.15, -0.1) is 11.3 Å². The maximum Gasteiger partial charge on any atom is 0.203 e. The van der Waals surface area contributed by atoms with Crippen molar-refractivity contribution in [2.24, 2.45) is 0 Å². The largest absolute Gasteiger partial charge is 0.288 e. The third-order valence-electron chi connectivity index (χ3n) is 2.18. The molecular formula is C12H8BrClOS. The van der Waals surface area contributed by atoms with E-state index in [0.29, 0.717) is 15.5 Å². The minimum atomic E-state index is 0.0117. The topological polar surface area (TPSA) is 17.1 Å². The summed E-state index contributed by atoms with van der Waals surface area (Å²) in [5.74, 6) is 0.0117. The number of carbonyl (C=O) groups is 1. The van der Waals surface area contributed by atoms with Crippen LogP contribution in [0.15, 0.2) is 34.1 Å². The van der Waals surface area contributed by atoms with Gasteiger partial charge in [0, 0.05) is 5.56 Å². The number of aryl methyl sites for hydroxylation is 1. The molecule has 0 spiro atoms. The van der Waals surface area contributed by atoms with Crippen LogP contribution >= 0.6 is 38.9 Å². The smallest absolute Gasteiger partial charge is 0.203 e. The Morgan fingerprint density at radius 1 is 1.31 bits per heavy atom. The fourth-order valence-corrected chi connectivity index (χ4v) is 2.97. The van der Waals surface area contributed by atoms with E-state index in [0.717, 1.165) is 9.35 Å². The molecule has 0 fully saturated rings. The Kier molecular flexibility index (Phi) is 3.47. The van der Waals surface area contributed by atoms with Gasteiger partial charge in [0.2, 0.25) is 5.78 Å². The normalized spacial score (nSPS) is 10.4. The van der Waals surface area contributed by atoms with Crippen molar-refractivity contribution in [1.29, 1.82) is 0 Å². The van der Waals surface area contributed by atoms with E-state index in [2.05, 4.69) is 15.9 Å². The van der Waals surface area contributed by atoms with Crippen molar-refractivity contribution >= 4 is 44.7 Å². The lowest BCUT2D eigenvalue weighted by Crippen LogP contribution is -1.97. The molecule has 82 valence electrons. The van der Waals surface area contributed by atoms with Crippen molar-refractivity contribution in [2.45, 2.75) is 6.92 Å². The minimum Gasteiger partial charge on any atom is -0.288 e.